The molecule has 4 heteroatoms. The van der Waals surface area contributed by atoms with E-state index >= 15 is 0 Å². The molecule has 0 saturated heterocycles. The lowest BCUT2D eigenvalue weighted by Gasteiger charge is -2.23. The molecule has 23 heavy (non-hydrogen) atoms. The fraction of sp³-hybridized carbons (Fsp3) is 0.579. The molecule has 2 fully saturated rings. The number of amides is 1. The molecule has 4 nitrogen and oxygen atoms in total. The summed E-state index contributed by atoms with van der Waals surface area (Å²) < 4.78 is 5.76. The lowest BCUT2D eigenvalue weighted by atomic mass is 9.93. The highest BCUT2D eigenvalue weighted by atomic mass is 16.5. The molecular formula is C19H25NO3. The van der Waals surface area contributed by atoms with Crippen molar-refractivity contribution >= 4 is 11.7 Å². The minimum absolute atomic E-state index is 0.0117. The molecule has 2 aliphatic rings. The van der Waals surface area contributed by atoms with Crippen LogP contribution < -0.4 is 10.1 Å². The Balaban J connectivity index is 1.73. The highest BCUT2D eigenvalue weighted by Gasteiger charge is 2.29. The van der Waals surface area contributed by atoms with Gasteiger partial charge in [0.05, 0.1) is 6.10 Å². The lowest BCUT2D eigenvalue weighted by molar-refractivity contribution is -0.120. The number of ketones is 1. The zero-order valence-electron chi connectivity index (χ0n) is 13.9. The van der Waals surface area contributed by atoms with Crippen molar-refractivity contribution < 1.29 is 14.3 Å². The van der Waals surface area contributed by atoms with Gasteiger partial charge in [0.2, 0.25) is 0 Å². The molecule has 0 radical (unpaired) electrons. The zero-order chi connectivity index (χ0) is 16.4. The maximum absolute atomic E-state index is 12.6. The molecule has 1 N–H and O–H groups in total. The smallest absolute Gasteiger partial charge is 0.251 e. The van der Waals surface area contributed by atoms with E-state index in [1.165, 1.54) is 0 Å². The summed E-state index contributed by atoms with van der Waals surface area (Å²) in [5.74, 6) is 1.62. The Kier molecular flexibility index (Phi) is 4.69. The summed E-state index contributed by atoms with van der Waals surface area (Å²) in [5.41, 5.74) is 1.87. The van der Waals surface area contributed by atoms with Gasteiger partial charge in [0.25, 0.3) is 5.91 Å². The fourth-order valence-corrected chi connectivity index (χ4v) is 3.17. The van der Waals surface area contributed by atoms with Crippen LogP contribution in [0.1, 0.15) is 74.2 Å². The molecule has 1 aromatic rings. The molecule has 0 heterocycles. The van der Waals surface area contributed by atoms with Crippen molar-refractivity contribution in [2.75, 3.05) is 0 Å². The van der Waals surface area contributed by atoms with Crippen LogP contribution in [0.25, 0.3) is 0 Å². The van der Waals surface area contributed by atoms with E-state index in [4.69, 9.17) is 4.74 Å². The minimum atomic E-state index is -0.0117. The van der Waals surface area contributed by atoms with E-state index < -0.39 is 0 Å². The van der Waals surface area contributed by atoms with Gasteiger partial charge in [0.15, 0.2) is 0 Å². The van der Waals surface area contributed by atoms with Crippen molar-refractivity contribution in [1.82, 2.24) is 5.32 Å². The van der Waals surface area contributed by atoms with E-state index in [1.807, 2.05) is 32.0 Å². The van der Waals surface area contributed by atoms with Gasteiger partial charge in [-0.25, -0.2) is 0 Å². The zero-order valence-corrected chi connectivity index (χ0v) is 13.9. The number of carbonyl (C=O) groups is 2. The van der Waals surface area contributed by atoms with Crippen LogP contribution >= 0.6 is 0 Å². The number of rotatable bonds is 5. The maximum atomic E-state index is 12.6. The quantitative estimate of drug-likeness (QED) is 0.903. The first-order valence-electron chi connectivity index (χ1n) is 8.66. The molecule has 0 unspecified atom stereocenters. The van der Waals surface area contributed by atoms with Crippen LogP contribution in [0.4, 0.5) is 0 Å². The van der Waals surface area contributed by atoms with E-state index in [2.05, 4.69) is 5.32 Å². The van der Waals surface area contributed by atoms with Crippen LogP contribution in [0.3, 0.4) is 0 Å². The Morgan fingerprint density at radius 3 is 2.48 bits per heavy atom. The van der Waals surface area contributed by atoms with Crippen LogP contribution in [0.5, 0.6) is 5.75 Å². The van der Waals surface area contributed by atoms with Crippen LogP contribution in [-0.2, 0) is 4.79 Å². The van der Waals surface area contributed by atoms with Gasteiger partial charge in [-0.15, -0.1) is 0 Å². The van der Waals surface area contributed by atoms with Crippen molar-refractivity contribution in [3.05, 3.63) is 29.3 Å². The lowest BCUT2D eigenvalue weighted by Crippen LogP contribution is -2.38. The molecule has 3 rings (SSSR count). The average molecular weight is 315 g/mol. The summed E-state index contributed by atoms with van der Waals surface area (Å²) in [6.07, 6.45) is 5.10. The predicted molar refractivity (Wildman–Crippen MR) is 88.9 cm³/mol. The number of carbonyl (C=O) groups excluding carboxylic acids is 2. The summed E-state index contributed by atoms with van der Waals surface area (Å²) in [5, 5.41) is 3.11. The Labute approximate surface area is 137 Å². The molecular weight excluding hydrogens is 290 g/mol. The van der Waals surface area contributed by atoms with Crippen LogP contribution in [0.15, 0.2) is 18.2 Å². The largest absolute Gasteiger partial charge is 0.491 e. The Morgan fingerprint density at radius 1 is 1.17 bits per heavy atom. The number of nitrogens with one attached hydrogen (secondary N) is 1. The van der Waals surface area contributed by atoms with Crippen LogP contribution in [0, 0.1) is 0 Å². The number of ether oxygens (including phenoxy) is 1. The van der Waals surface area contributed by atoms with E-state index in [1.54, 1.807) is 0 Å². The molecule has 2 aliphatic carbocycles. The van der Waals surface area contributed by atoms with Gasteiger partial charge < -0.3 is 10.1 Å². The topological polar surface area (TPSA) is 55.4 Å². The second-order valence-electron chi connectivity index (χ2n) is 6.98. The molecule has 0 spiro atoms. The Bertz CT molecular complexity index is 595. The summed E-state index contributed by atoms with van der Waals surface area (Å²) in [4.78, 5) is 24.0. The summed E-state index contributed by atoms with van der Waals surface area (Å²) >= 11 is 0. The first-order chi connectivity index (χ1) is 11.0. The maximum Gasteiger partial charge on any atom is 0.251 e. The average Bonchev–Trinajstić information content (AvgIpc) is 3.33. The van der Waals surface area contributed by atoms with E-state index in [0.29, 0.717) is 24.5 Å². The highest BCUT2D eigenvalue weighted by Crippen LogP contribution is 2.43. The monoisotopic (exact) mass is 315 g/mol. The predicted octanol–water partition coefficient (Wildman–Crippen LogP) is 3.59. The van der Waals surface area contributed by atoms with Crippen molar-refractivity contribution in [2.45, 2.75) is 70.4 Å². The normalized spacial score (nSPS) is 19.0. The first kappa shape index (κ1) is 16.0. The van der Waals surface area contributed by atoms with Gasteiger partial charge in [-0.1, -0.05) is 0 Å². The molecule has 0 bridgehead atoms. The first-order valence-corrected chi connectivity index (χ1v) is 8.66. The Morgan fingerprint density at radius 2 is 1.87 bits per heavy atom. The Hall–Kier alpha value is -1.84. The second-order valence-corrected chi connectivity index (χ2v) is 6.98. The van der Waals surface area contributed by atoms with Crippen molar-refractivity contribution in [1.29, 1.82) is 0 Å². The number of hydrogen-bond donors (Lipinski definition) is 1. The van der Waals surface area contributed by atoms with Gasteiger partial charge in [-0.3, -0.25) is 9.59 Å². The van der Waals surface area contributed by atoms with Gasteiger partial charge in [0, 0.05) is 24.4 Å². The summed E-state index contributed by atoms with van der Waals surface area (Å²) in [6, 6.07) is 5.91. The van der Waals surface area contributed by atoms with Gasteiger partial charge >= 0.3 is 0 Å². The molecule has 1 aromatic carbocycles. The van der Waals surface area contributed by atoms with Gasteiger partial charge in [-0.2, -0.15) is 0 Å². The van der Waals surface area contributed by atoms with Crippen LogP contribution in [0.2, 0.25) is 0 Å². The molecule has 0 atom stereocenters. The van der Waals surface area contributed by atoms with Crippen molar-refractivity contribution in [3.8, 4) is 5.75 Å². The van der Waals surface area contributed by atoms with E-state index in [-0.39, 0.29) is 18.1 Å². The summed E-state index contributed by atoms with van der Waals surface area (Å²) in [6.45, 7) is 4.00. The van der Waals surface area contributed by atoms with E-state index in [9.17, 15) is 9.59 Å². The third-order valence-corrected chi connectivity index (χ3v) is 4.54. The van der Waals surface area contributed by atoms with Crippen molar-refractivity contribution in [2.24, 2.45) is 0 Å². The molecule has 124 valence electrons. The molecule has 0 aliphatic heterocycles. The summed E-state index contributed by atoms with van der Waals surface area (Å²) in [7, 11) is 0. The minimum Gasteiger partial charge on any atom is -0.491 e. The van der Waals surface area contributed by atoms with E-state index in [0.717, 1.165) is 42.6 Å². The van der Waals surface area contributed by atoms with Crippen LogP contribution in [-0.4, -0.2) is 23.8 Å². The van der Waals surface area contributed by atoms with Crippen molar-refractivity contribution in [3.63, 3.8) is 0 Å². The third kappa shape index (κ3) is 4.12. The molecule has 1 amide bonds. The number of Topliss-reactive ketones (excluding diaryl/α,β-unsaturated/α-hetero) is 1. The number of benzene rings is 1. The standard InChI is InChI=1S/C19H25NO3/c1-12(2)23-16-9-10-17(18(11-16)13-3-4-13)19(22)20-14-5-7-15(21)8-6-14/h9-14H,3-8H2,1-2H3,(H,20,22). The highest BCUT2D eigenvalue weighted by molar-refractivity contribution is 5.96. The second kappa shape index (κ2) is 6.73. The van der Waals surface area contributed by atoms with Gasteiger partial charge in [0.1, 0.15) is 11.5 Å². The van der Waals surface area contributed by atoms with Gasteiger partial charge in [-0.05, 0) is 69.2 Å². The molecule has 0 aromatic heterocycles. The third-order valence-electron chi connectivity index (χ3n) is 4.54. The number of hydrogen-bond acceptors (Lipinski definition) is 3. The SMILES string of the molecule is CC(C)Oc1ccc(C(=O)NC2CCC(=O)CC2)c(C2CC2)c1. The molecule has 2 saturated carbocycles. The fourth-order valence-electron chi connectivity index (χ4n) is 3.17.